The van der Waals surface area contributed by atoms with Crippen LogP contribution in [0.1, 0.15) is 43.5 Å². The molecule has 3 rings (SSSR count). The Labute approximate surface area is 172 Å². The van der Waals surface area contributed by atoms with Crippen molar-refractivity contribution in [2.45, 2.75) is 39.5 Å². The van der Waals surface area contributed by atoms with Gasteiger partial charge in [-0.1, -0.05) is 63.2 Å². The van der Waals surface area contributed by atoms with E-state index >= 15 is 0 Å². The fraction of sp³-hybridized carbons (Fsp3) is 0.304. The van der Waals surface area contributed by atoms with Crippen molar-refractivity contribution in [2.24, 2.45) is 5.41 Å². The monoisotopic (exact) mass is 417 g/mol. The molecule has 1 heterocycles. The molecule has 2 aromatic carbocycles. The van der Waals surface area contributed by atoms with Gasteiger partial charge in [-0.25, -0.2) is 0 Å². The number of benzene rings is 2. The van der Waals surface area contributed by atoms with Crippen LogP contribution in [-0.4, -0.2) is 21.7 Å². The molecule has 0 fully saturated rings. The van der Waals surface area contributed by atoms with Gasteiger partial charge < -0.3 is 10.0 Å². The molecule has 158 valence electrons. The van der Waals surface area contributed by atoms with Gasteiger partial charge in [0.15, 0.2) is 11.5 Å². The zero-order chi connectivity index (χ0) is 22.3. The molecule has 0 aliphatic carbocycles. The predicted molar refractivity (Wildman–Crippen MR) is 105 cm³/mol. The minimum atomic E-state index is -4.52. The van der Waals surface area contributed by atoms with Crippen LogP contribution in [0.25, 0.3) is 0 Å². The van der Waals surface area contributed by atoms with E-state index in [4.69, 9.17) is 0 Å². The number of halogens is 3. The summed E-state index contributed by atoms with van der Waals surface area (Å²) in [6.07, 6.45) is -4.52. The summed E-state index contributed by atoms with van der Waals surface area (Å²) in [5.74, 6) is -1.83. The second-order valence-corrected chi connectivity index (χ2v) is 8.29. The van der Waals surface area contributed by atoms with Gasteiger partial charge in [-0.2, -0.15) is 13.2 Å². The highest BCUT2D eigenvalue weighted by molar-refractivity contribution is 6.10. The van der Waals surface area contributed by atoms with Crippen molar-refractivity contribution in [3.63, 3.8) is 0 Å². The van der Waals surface area contributed by atoms with Crippen LogP contribution in [0.5, 0.6) is 0 Å². The molecule has 0 spiro atoms. The Hall–Kier alpha value is -3.09. The van der Waals surface area contributed by atoms with Crippen LogP contribution in [0.4, 0.5) is 13.2 Å². The maximum Gasteiger partial charge on any atom is 0.416 e. The standard InChI is InChI=1S/C23H22F3NO3/c1-22(2,3)20(29)17-18(15-9-5-4-6-10-15)27(21(30)19(17)28)13-14-8-7-11-16(12-14)23(24,25)26/h4-12,18,28H,13H2,1-3H3. The number of hydrogen-bond acceptors (Lipinski definition) is 3. The molecule has 30 heavy (non-hydrogen) atoms. The smallest absolute Gasteiger partial charge is 0.416 e. The molecule has 0 saturated carbocycles. The van der Waals surface area contributed by atoms with E-state index in [1.807, 2.05) is 0 Å². The summed E-state index contributed by atoms with van der Waals surface area (Å²) in [6.45, 7) is 4.85. The van der Waals surface area contributed by atoms with Crippen molar-refractivity contribution < 1.29 is 27.9 Å². The van der Waals surface area contributed by atoms with E-state index in [0.717, 1.165) is 12.1 Å². The third kappa shape index (κ3) is 4.10. The fourth-order valence-corrected chi connectivity index (χ4v) is 3.48. The number of carbonyl (C=O) groups excluding carboxylic acids is 2. The first-order valence-corrected chi connectivity index (χ1v) is 9.41. The van der Waals surface area contributed by atoms with Gasteiger partial charge in [-0.15, -0.1) is 0 Å². The Morgan fingerprint density at radius 1 is 1.03 bits per heavy atom. The summed E-state index contributed by atoms with van der Waals surface area (Å²) in [4.78, 5) is 27.1. The van der Waals surface area contributed by atoms with E-state index in [0.29, 0.717) is 5.56 Å². The normalized spacial score (nSPS) is 17.6. The summed E-state index contributed by atoms with van der Waals surface area (Å²) in [7, 11) is 0. The van der Waals surface area contributed by atoms with Crippen molar-refractivity contribution in [1.82, 2.24) is 4.90 Å². The van der Waals surface area contributed by atoms with Crippen LogP contribution in [0.3, 0.4) is 0 Å². The van der Waals surface area contributed by atoms with Crippen LogP contribution >= 0.6 is 0 Å². The first kappa shape index (κ1) is 21.6. The fourth-order valence-electron chi connectivity index (χ4n) is 3.48. The van der Waals surface area contributed by atoms with Crippen LogP contribution < -0.4 is 0 Å². The molecule has 1 unspecified atom stereocenters. The Morgan fingerprint density at radius 3 is 2.23 bits per heavy atom. The highest BCUT2D eigenvalue weighted by Gasteiger charge is 2.46. The Bertz CT molecular complexity index is 1000. The SMILES string of the molecule is CC(C)(C)C(=O)C1=C(O)C(=O)N(Cc2cccc(C(F)(F)F)c2)C1c1ccccc1. The van der Waals surface area contributed by atoms with Gasteiger partial charge in [-0.05, 0) is 23.3 Å². The van der Waals surface area contributed by atoms with Crippen LogP contribution in [0, 0.1) is 5.41 Å². The van der Waals surface area contributed by atoms with Gasteiger partial charge in [0.25, 0.3) is 5.91 Å². The first-order chi connectivity index (χ1) is 13.9. The largest absolute Gasteiger partial charge is 0.503 e. The summed E-state index contributed by atoms with van der Waals surface area (Å²) in [6, 6.07) is 12.4. The van der Waals surface area contributed by atoms with Crippen molar-refractivity contribution in [2.75, 3.05) is 0 Å². The topological polar surface area (TPSA) is 57.6 Å². The number of rotatable bonds is 4. The van der Waals surface area contributed by atoms with Crippen LogP contribution in [0.2, 0.25) is 0 Å². The molecular formula is C23H22F3NO3. The number of carbonyl (C=O) groups is 2. The lowest BCUT2D eigenvalue weighted by Gasteiger charge is -2.29. The maximum atomic E-state index is 13.1. The zero-order valence-corrected chi connectivity index (χ0v) is 16.8. The minimum Gasteiger partial charge on any atom is -0.503 e. The molecule has 0 saturated heterocycles. The van der Waals surface area contributed by atoms with Crippen LogP contribution in [0.15, 0.2) is 65.9 Å². The molecule has 1 atom stereocenters. The number of nitrogens with zero attached hydrogens (tertiary/aromatic N) is 1. The molecule has 4 nitrogen and oxygen atoms in total. The molecular weight excluding hydrogens is 395 g/mol. The Morgan fingerprint density at radius 2 is 1.67 bits per heavy atom. The third-order valence-electron chi connectivity index (χ3n) is 4.95. The van der Waals surface area contributed by atoms with Crippen molar-refractivity contribution >= 4 is 11.7 Å². The summed E-state index contributed by atoms with van der Waals surface area (Å²) < 4.78 is 39.3. The molecule has 7 heteroatoms. The van der Waals surface area contributed by atoms with Crippen molar-refractivity contribution in [3.8, 4) is 0 Å². The second kappa shape index (κ2) is 7.63. The molecule has 0 bridgehead atoms. The molecule has 1 amide bonds. The van der Waals surface area contributed by atoms with Gasteiger partial charge in [-0.3, -0.25) is 9.59 Å². The predicted octanol–water partition coefficient (Wildman–Crippen LogP) is 5.22. The third-order valence-corrected chi connectivity index (χ3v) is 4.95. The number of aliphatic hydroxyl groups excluding tert-OH is 1. The molecule has 2 aromatic rings. The molecule has 1 aliphatic rings. The number of ketones is 1. The van der Waals surface area contributed by atoms with Gasteiger partial charge in [0.05, 0.1) is 17.2 Å². The van der Waals surface area contributed by atoms with E-state index in [9.17, 15) is 27.9 Å². The van der Waals surface area contributed by atoms with E-state index in [-0.39, 0.29) is 17.7 Å². The van der Waals surface area contributed by atoms with Gasteiger partial charge >= 0.3 is 6.18 Å². The summed E-state index contributed by atoms with van der Waals surface area (Å²) in [5, 5.41) is 10.5. The zero-order valence-electron chi connectivity index (χ0n) is 16.8. The Balaban J connectivity index is 2.06. The minimum absolute atomic E-state index is 0.0364. The van der Waals surface area contributed by atoms with Crippen LogP contribution in [-0.2, 0) is 22.3 Å². The quantitative estimate of drug-likeness (QED) is 0.742. The van der Waals surface area contributed by atoms with E-state index in [1.54, 1.807) is 51.1 Å². The number of amides is 1. The van der Waals surface area contributed by atoms with Crippen molar-refractivity contribution in [3.05, 3.63) is 82.6 Å². The number of alkyl halides is 3. The number of aliphatic hydroxyl groups is 1. The highest BCUT2D eigenvalue weighted by atomic mass is 19.4. The van der Waals surface area contributed by atoms with E-state index < -0.39 is 40.6 Å². The van der Waals surface area contributed by atoms with E-state index in [2.05, 4.69) is 0 Å². The lowest BCUT2D eigenvalue weighted by Crippen LogP contribution is -2.32. The van der Waals surface area contributed by atoms with Gasteiger partial charge in [0.2, 0.25) is 0 Å². The van der Waals surface area contributed by atoms with E-state index in [1.165, 1.54) is 17.0 Å². The van der Waals surface area contributed by atoms with Gasteiger partial charge in [0, 0.05) is 12.0 Å². The maximum absolute atomic E-state index is 13.1. The average molecular weight is 417 g/mol. The Kier molecular flexibility index (Phi) is 5.50. The molecule has 0 radical (unpaired) electrons. The first-order valence-electron chi connectivity index (χ1n) is 9.41. The number of hydrogen-bond donors (Lipinski definition) is 1. The number of Topliss-reactive ketones (excluding diaryl/α,β-unsaturated/α-hetero) is 1. The second-order valence-electron chi connectivity index (χ2n) is 8.29. The van der Waals surface area contributed by atoms with Gasteiger partial charge in [0.1, 0.15) is 0 Å². The summed E-state index contributed by atoms with van der Waals surface area (Å²) in [5.41, 5.74) is -0.884. The molecule has 1 N–H and O–H groups in total. The molecule has 1 aliphatic heterocycles. The highest BCUT2D eigenvalue weighted by Crippen LogP contribution is 2.41. The molecule has 0 aromatic heterocycles. The summed E-state index contributed by atoms with van der Waals surface area (Å²) >= 11 is 0. The lowest BCUT2D eigenvalue weighted by atomic mass is 9.82. The average Bonchev–Trinajstić information content (AvgIpc) is 2.92. The van der Waals surface area contributed by atoms with Crippen molar-refractivity contribution in [1.29, 1.82) is 0 Å². The lowest BCUT2D eigenvalue weighted by molar-refractivity contribution is -0.137.